The maximum Gasteiger partial charge on any atom is 0.305 e. The number of hydrogen-bond acceptors (Lipinski definition) is 5. The first-order chi connectivity index (χ1) is 14.7. The van der Waals surface area contributed by atoms with Gasteiger partial charge in [0.05, 0.1) is 6.61 Å². The summed E-state index contributed by atoms with van der Waals surface area (Å²) >= 11 is 0. The summed E-state index contributed by atoms with van der Waals surface area (Å²) in [6.07, 6.45) is 12.8. The van der Waals surface area contributed by atoms with Crippen LogP contribution in [-0.4, -0.2) is 31.8 Å². The fourth-order valence-corrected chi connectivity index (χ4v) is 3.11. The Balaban J connectivity index is 1.82. The Kier molecular flexibility index (Phi) is 16.4. The third-order valence-electron chi connectivity index (χ3n) is 4.88. The number of unbranched alkanes of at least 4 members (excludes halogenated alkanes) is 9. The lowest BCUT2D eigenvalue weighted by atomic mass is 10.1. The molecule has 0 N–H and O–H groups in total. The van der Waals surface area contributed by atoms with Crippen molar-refractivity contribution in [3.05, 3.63) is 30.3 Å². The minimum Gasteiger partial charge on any atom is -0.490 e. The van der Waals surface area contributed by atoms with Gasteiger partial charge in [-0.05, 0) is 31.4 Å². The van der Waals surface area contributed by atoms with Gasteiger partial charge in [-0.15, -0.1) is 0 Å². The number of carbonyl (C=O) groups is 2. The quantitative estimate of drug-likeness (QED) is 0.196. The lowest BCUT2D eigenvalue weighted by Gasteiger charge is -2.07. The molecule has 0 saturated heterocycles. The summed E-state index contributed by atoms with van der Waals surface area (Å²) in [5, 5.41) is 0. The van der Waals surface area contributed by atoms with Crippen LogP contribution in [0.15, 0.2) is 30.3 Å². The van der Waals surface area contributed by atoms with E-state index in [0.717, 1.165) is 57.1 Å². The number of esters is 2. The Labute approximate surface area is 182 Å². The van der Waals surface area contributed by atoms with Crippen LogP contribution >= 0.6 is 0 Å². The molecule has 0 radical (unpaired) electrons. The van der Waals surface area contributed by atoms with Gasteiger partial charge in [-0.3, -0.25) is 9.59 Å². The van der Waals surface area contributed by atoms with Gasteiger partial charge in [0.15, 0.2) is 0 Å². The highest BCUT2D eigenvalue weighted by Gasteiger charge is 2.04. The van der Waals surface area contributed by atoms with Gasteiger partial charge in [-0.25, -0.2) is 0 Å². The van der Waals surface area contributed by atoms with E-state index in [1.54, 1.807) is 0 Å². The van der Waals surface area contributed by atoms with E-state index in [-0.39, 0.29) is 18.5 Å². The van der Waals surface area contributed by atoms with Crippen LogP contribution in [0.25, 0.3) is 0 Å². The van der Waals surface area contributed by atoms with Gasteiger partial charge in [0.1, 0.15) is 19.0 Å². The number of hydrogen-bond donors (Lipinski definition) is 0. The van der Waals surface area contributed by atoms with Gasteiger partial charge in [-0.2, -0.15) is 0 Å². The molecule has 170 valence electrons. The molecule has 5 nitrogen and oxygen atoms in total. The molecule has 0 spiro atoms. The molecule has 0 bridgehead atoms. The molecule has 0 aliphatic rings. The maximum absolute atomic E-state index is 11.7. The molecule has 0 aliphatic heterocycles. The molecule has 0 saturated carbocycles. The summed E-state index contributed by atoms with van der Waals surface area (Å²) in [5.74, 6) is 0.554. The van der Waals surface area contributed by atoms with Crippen molar-refractivity contribution in [3.63, 3.8) is 0 Å². The van der Waals surface area contributed by atoms with E-state index in [1.165, 1.54) is 19.3 Å². The average Bonchev–Trinajstić information content (AvgIpc) is 2.76. The third-order valence-corrected chi connectivity index (χ3v) is 4.88. The second-order valence-corrected chi connectivity index (χ2v) is 7.64. The van der Waals surface area contributed by atoms with E-state index in [2.05, 4.69) is 6.92 Å². The minimum absolute atomic E-state index is 0.0653. The minimum atomic E-state index is -0.163. The largest absolute Gasteiger partial charge is 0.490 e. The van der Waals surface area contributed by atoms with Crippen molar-refractivity contribution in [2.24, 2.45) is 0 Å². The highest BCUT2D eigenvalue weighted by molar-refractivity contribution is 5.69. The summed E-state index contributed by atoms with van der Waals surface area (Å²) in [6, 6.07) is 9.49. The van der Waals surface area contributed by atoms with Crippen LogP contribution < -0.4 is 4.74 Å². The summed E-state index contributed by atoms with van der Waals surface area (Å²) in [5.41, 5.74) is 0. The van der Waals surface area contributed by atoms with E-state index in [0.29, 0.717) is 26.1 Å². The molecule has 0 unspecified atom stereocenters. The van der Waals surface area contributed by atoms with Gasteiger partial charge in [0, 0.05) is 12.8 Å². The van der Waals surface area contributed by atoms with Gasteiger partial charge in [0.25, 0.3) is 0 Å². The van der Waals surface area contributed by atoms with Gasteiger partial charge >= 0.3 is 11.9 Å². The lowest BCUT2D eigenvalue weighted by Crippen LogP contribution is -2.11. The molecular weight excluding hydrogens is 380 g/mol. The topological polar surface area (TPSA) is 61.8 Å². The standard InChI is InChI=1S/C25H40O5/c1-2-3-4-9-15-20-29-24(26)18-13-7-5-6-8-14-19-25(27)30-22-21-28-23-16-11-10-12-17-23/h10-12,16-17H,2-9,13-15,18-22H2,1H3. The zero-order valence-corrected chi connectivity index (χ0v) is 18.7. The molecule has 1 aromatic carbocycles. The first kappa shape index (κ1) is 26.0. The molecule has 0 aromatic heterocycles. The summed E-state index contributed by atoms with van der Waals surface area (Å²) < 4.78 is 15.9. The van der Waals surface area contributed by atoms with Crippen LogP contribution in [0.2, 0.25) is 0 Å². The molecule has 30 heavy (non-hydrogen) atoms. The number of carbonyl (C=O) groups excluding carboxylic acids is 2. The Morgan fingerprint density at radius 1 is 0.633 bits per heavy atom. The van der Waals surface area contributed by atoms with Gasteiger partial charge < -0.3 is 14.2 Å². The average molecular weight is 421 g/mol. The van der Waals surface area contributed by atoms with Gasteiger partial charge in [0.2, 0.25) is 0 Å². The van der Waals surface area contributed by atoms with Crippen molar-refractivity contribution in [1.29, 1.82) is 0 Å². The van der Waals surface area contributed by atoms with Crippen LogP contribution in [0.4, 0.5) is 0 Å². The molecule has 0 atom stereocenters. The number of para-hydroxylation sites is 1. The SMILES string of the molecule is CCCCCCCOC(=O)CCCCCCCCC(=O)OCCOc1ccccc1. The highest BCUT2D eigenvalue weighted by Crippen LogP contribution is 2.11. The Morgan fingerprint density at radius 2 is 1.17 bits per heavy atom. The maximum atomic E-state index is 11.7. The first-order valence-corrected chi connectivity index (χ1v) is 11.7. The van der Waals surface area contributed by atoms with Crippen molar-refractivity contribution in [2.75, 3.05) is 19.8 Å². The van der Waals surface area contributed by atoms with Crippen molar-refractivity contribution in [2.45, 2.75) is 90.4 Å². The van der Waals surface area contributed by atoms with Crippen molar-refractivity contribution in [1.82, 2.24) is 0 Å². The Hall–Kier alpha value is -2.04. The first-order valence-electron chi connectivity index (χ1n) is 11.7. The number of rotatable bonds is 19. The second kappa shape index (κ2) is 19.0. The van der Waals surface area contributed by atoms with Gasteiger partial charge in [-0.1, -0.05) is 76.5 Å². The predicted octanol–water partition coefficient (Wildman–Crippen LogP) is 6.24. The van der Waals surface area contributed by atoms with Crippen LogP contribution in [0, 0.1) is 0 Å². The Bertz CT molecular complexity index is 544. The molecule has 0 heterocycles. The lowest BCUT2D eigenvalue weighted by molar-refractivity contribution is -0.145. The smallest absolute Gasteiger partial charge is 0.305 e. The molecule has 1 rings (SSSR count). The van der Waals surface area contributed by atoms with E-state index in [1.807, 2.05) is 30.3 Å². The summed E-state index contributed by atoms with van der Waals surface area (Å²) in [7, 11) is 0. The van der Waals surface area contributed by atoms with Crippen LogP contribution in [-0.2, 0) is 19.1 Å². The molecule has 0 aliphatic carbocycles. The van der Waals surface area contributed by atoms with Crippen LogP contribution in [0.3, 0.4) is 0 Å². The van der Waals surface area contributed by atoms with E-state index >= 15 is 0 Å². The Morgan fingerprint density at radius 3 is 1.80 bits per heavy atom. The third kappa shape index (κ3) is 15.8. The monoisotopic (exact) mass is 420 g/mol. The predicted molar refractivity (Wildman–Crippen MR) is 120 cm³/mol. The molecule has 5 heteroatoms. The normalized spacial score (nSPS) is 10.6. The van der Waals surface area contributed by atoms with E-state index in [9.17, 15) is 9.59 Å². The molecule has 1 aromatic rings. The van der Waals surface area contributed by atoms with Crippen LogP contribution in [0.1, 0.15) is 90.4 Å². The van der Waals surface area contributed by atoms with Crippen molar-refractivity contribution in [3.8, 4) is 5.75 Å². The molecule has 0 fully saturated rings. The number of ether oxygens (including phenoxy) is 3. The fraction of sp³-hybridized carbons (Fsp3) is 0.680. The summed E-state index contributed by atoms with van der Waals surface area (Å²) in [6.45, 7) is 3.41. The van der Waals surface area contributed by atoms with Crippen molar-refractivity contribution < 1.29 is 23.8 Å². The molecular formula is C25H40O5. The zero-order valence-electron chi connectivity index (χ0n) is 18.7. The molecule has 0 amide bonds. The van der Waals surface area contributed by atoms with E-state index < -0.39 is 0 Å². The highest BCUT2D eigenvalue weighted by atomic mass is 16.6. The summed E-state index contributed by atoms with van der Waals surface area (Å²) in [4.78, 5) is 23.3. The second-order valence-electron chi connectivity index (χ2n) is 7.64. The van der Waals surface area contributed by atoms with Crippen LogP contribution in [0.5, 0.6) is 5.75 Å². The zero-order chi connectivity index (χ0) is 21.7. The number of benzene rings is 1. The van der Waals surface area contributed by atoms with E-state index in [4.69, 9.17) is 14.2 Å². The van der Waals surface area contributed by atoms with Crippen molar-refractivity contribution >= 4 is 11.9 Å². The fourth-order valence-electron chi connectivity index (χ4n) is 3.11.